The van der Waals surface area contributed by atoms with Crippen molar-refractivity contribution in [2.24, 2.45) is 11.7 Å². The molecule has 0 saturated heterocycles. The van der Waals surface area contributed by atoms with E-state index in [0.717, 1.165) is 17.8 Å². The molecule has 0 radical (unpaired) electrons. The molecule has 0 aromatic heterocycles. The van der Waals surface area contributed by atoms with Crippen LogP contribution in [0.3, 0.4) is 0 Å². The van der Waals surface area contributed by atoms with E-state index in [2.05, 4.69) is 31.7 Å². The minimum Gasteiger partial charge on any atom is -0.384 e. The summed E-state index contributed by atoms with van der Waals surface area (Å²) < 4.78 is 0. The standard InChI is InChI=1S/C13H21N3/c1-9(2)8-16(4)12-7-10(3)5-6-11(12)13(14)15/h5-7,9H,8H2,1-4H3,(H3,14,15). The van der Waals surface area contributed by atoms with Crippen LogP contribution in [0.1, 0.15) is 25.0 Å². The average Bonchev–Trinajstić information content (AvgIpc) is 2.15. The lowest BCUT2D eigenvalue weighted by Gasteiger charge is -2.24. The Morgan fingerprint density at radius 1 is 1.44 bits per heavy atom. The lowest BCUT2D eigenvalue weighted by atomic mass is 10.1. The summed E-state index contributed by atoms with van der Waals surface area (Å²) >= 11 is 0. The molecule has 0 atom stereocenters. The van der Waals surface area contributed by atoms with Crippen LogP contribution in [0.2, 0.25) is 0 Å². The molecule has 0 bridgehead atoms. The summed E-state index contributed by atoms with van der Waals surface area (Å²) in [7, 11) is 2.04. The Labute approximate surface area is 97.8 Å². The summed E-state index contributed by atoms with van der Waals surface area (Å²) in [6.07, 6.45) is 0. The minimum atomic E-state index is 0.130. The van der Waals surface area contributed by atoms with Crippen molar-refractivity contribution in [1.82, 2.24) is 0 Å². The molecule has 3 nitrogen and oxygen atoms in total. The molecule has 3 N–H and O–H groups in total. The summed E-state index contributed by atoms with van der Waals surface area (Å²) in [5, 5.41) is 7.57. The van der Waals surface area contributed by atoms with Crippen molar-refractivity contribution in [3.63, 3.8) is 0 Å². The van der Waals surface area contributed by atoms with Crippen LogP contribution < -0.4 is 10.6 Å². The van der Waals surface area contributed by atoms with Gasteiger partial charge in [-0.2, -0.15) is 0 Å². The van der Waals surface area contributed by atoms with E-state index < -0.39 is 0 Å². The van der Waals surface area contributed by atoms with Crippen LogP contribution in [-0.4, -0.2) is 19.4 Å². The molecule has 0 saturated carbocycles. The number of anilines is 1. The second-order valence-electron chi connectivity index (χ2n) is 4.71. The Kier molecular flexibility index (Phi) is 3.93. The first kappa shape index (κ1) is 12.6. The molecule has 0 unspecified atom stereocenters. The van der Waals surface area contributed by atoms with E-state index in [1.165, 1.54) is 5.56 Å². The highest BCUT2D eigenvalue weighted by molar-refractivity contribution is 6.00. The fraction of sp³-hybridized carbons (Fsp3) is 0.462. The zero-order valence-corrected chi connectivity index (χ0v) is 10.5. The zero-order chi connectivity index (χ0) is 12.3. The maximum Gasteiger partial charge on any atom is 0.124 e. The van der Waals surface area contributed by atoms with E-state index in [-0.39, 0.29) is 5.84 Å². The number of amidine groups is 1. The SMILES string of the molecule is Cc1ccc(C(=N)N)c(N(C)CC(C)C)c1. The van der Waals surface area contributed by atoms with Crippen molar-refractivity contribution >= 4 is 11.5 Å². The lowest BCUT2D eigenvalue weighted by Crippen LogP contribution is -2.26. The summed E-state index contributed by atoms with van der Waals surface area (Å²) in [5.41, 5.74) is 8.64. The van der Waals surface area contributed by atoms with Gasteiger partial charge in [-0.15, -0.1) is 0 Å². The van der Waals surface area contributed by atoms with Crippen LogP contribution >= 0.6 is 0 Å². The third-order valence-corrected chi connectivity index (χ3v) is 2.49. The molecule has 0 amide bonds. The van der Waals surface area contributed by atoms with Crippen molar-refractivity contribution < 1.29 is 0 Å². The summed E-state index contributed by atoms with van der Waals surface area (Å²) in [6, 6.07) is 5.99. The van der Waals surface area contributed by atoms with E-state index in [4.69, 9.17) is 11.1 Å². The topological polar surface area (TPSA) is 53.1 Å². The maximum atomic E-state index is 7.57. The molecular formula is C13H21N3. The maximum absolute atomic E-state index is 7.57. The monoisotopic (exact) mass is 219 g/mol. The first-order valence-electron chi connectivity index (χ1n) is 5.58. The molecule has 0 aliphatic heterocycles. The third-order valence-electron chi connectivity index (χ3n) is 2.49. The second-order valence-corrected chi connectivity index (χ2v) is 4.71. The number of nitrogens with two attached hydrogens (primary N) is 1. The highest BCUT2D eigenvalue weighted by atomic mass is 15.1. The Balaban J connectivity index is 3.09. The largest absolute Gasteiger partial charge is 0.384 e. The molecule has 0 spiro atoms. The molecule has 0 heterocycles. The minimum absolute atomic E-state index is 0.130. The molecule has 1 rings (SSSR count). The molecule has 3 heteroatoms. The Bertz CT molecular complexity index is 383. The number of hydrogen-bond acceptors (Lipinski definition) is 2. The lowest BCUT2D eigenvalue weighted by molar-refractivity contribution is 0.638. The second kappa shape index (κ2) is 5.01. The number of aryl methyl sites for hydroxylation is 1. The number of hydrogen-bond donors (Lipinski definition) is 2. The van der Waals surface area contributed by atoms with Gasteiger partial charge in [0, 0.05) is 24.8 Å². The molecule has 0 aliphatic rings. The van der Waals surface area contributed by atoms with Gasteiger partial charge in [0.15, 0.2) is 0 Å². The summed E-state index contributed by atoms with van der Waals surface area (Å²) in [5.74, 6) is 0.718. The molecule has 88 valence electrons. The Morgan fingerprint density at radius 2 is 2.06 bits per heavy atom. The normalized spacial score (nSPS) is 10.6. The highest BCUT2D eigenvalue weighted by Crippen LogP contribution is 2.21. The molecule has 1 aromatic carbocycles. The van der Waals surface area contributed by atoms with Gasteiger partial charge in [0.1, 0.15) is 5.84 Å². The van der Waals surface area contributed by atoms with Crippen molar-refractivity contribution in [1.29, 1.82) is 5.41 Å². The third kappa shape index (κ3) is 2.99. The number of rotatable bonds is 4. The predicted octanol–water partition coefficient (Wildman–Crippen LogP) is 2.37. The van der Waals surface area contributed by atoms with Gasteiger partial charge in [-0.25, -0.2) is 0 Å². The van der Waals surface area contributed by atoms with Crippen molar-refractivity contribution in [2.45, 2.75) is 20.8 Å². The van der Waals surface area contributed by atoms with Gasteiger partial charge < -0.3 is 10.6 Å². The smallest absolute Gasteiger partial charge is 0.124 e. The summed E-state index contributed by atoms with van der Waals surface area (Å²) in [4.78, 5) is 2.16. The van der Waals surface area contributed by atoms with Crippen LogP contribution in [0.25, 0.3) is 0 Å². The van der Waals surface area contributed by atoms with E-state index in [0.29, 0.717) is 5.92 Å². The van der Waals surface area contributed by atoms with E-state index in [9.17, 15) is 0 Å². The Hall–Kier alpha value is -1.51. The van der Waals surface area contributed by atoms with E-state index in [1.807, 2.05) is 19.2 Å². The fourth-order valence-corrected chi connectivity index (χ4v) is 1.83. The van der Waals surface area contributed by atoms with Gasteiger partial charge in [-0.1, -0.05) is 19.9 Å². The summed E-state index contributed by atoms with van der Waals surface area (Å²) in [6.45, 7) is 7.37. The first-order valence-corrected chi connectivity index (χ1v) is 5.58. The van der Waals surface area contributed by atoms with Gasteiger partial charge in [-0.3, -0.25) is 5.41 Å². The van der Waals surface area contributed by atoms with Crippen molar-refractivity contribution in [3.05, 3.63) is 29.3 Å². The quantitative estimate of drug-likeness (QED) is 0.603. The van der Waals surface area contributed by atoms with Crippen LogP contribution in [0.4, 0.5) is 5.69 Å². The van der Waals surface area contributed by atoms with Crippen molar-refractivity contribution in [3.8, 4) is 0 Å². The van der Waals surface area contributed by atoms with Gasteiger partial charge in [0.2, 0.25) is 0 Å². The van der Waals surface area contributed by atoms with E-state index >= 15 is 0 Å². The van der Waals surface area contributed by atoms with E-state index in [1.54, 1.807) is 0 Å². The van der Waals surface area contributed by atoms with Crippen LogP contribution in [0.5, 0.6) is 0 Å². The zero-order valence-electron chi connectivity index (χ0n) is 10.5. The molecule has 16 heavy (non-hydrogen) atoms. The van der Waals surface area contributed by atoms with Gasteiger partial charge in [0.25, 0.3) is 0 Å². The van der Waals surface area contributed by atoms with Gasteiger partial charge >= 0.3 is 0 Å². The molecule has 1 aromatic rings. The number of benzene rings is 1. The highest BCUT2D eigenvalue weighted by Gasteiger charge is 2.10. The molecule has 0 aliphatic carbocycles. The molecule has 0 fully saturated rings. The van der Waals surface area contributed by atoms with Crippen molar-refractivity contribution in [2.75, 3.05) is 18.5 Å². The Morgan fingerprint density at radius 3 is 2.56 bits per heavy atom. The number of nitrogens with zero attached hydrogens (tertiary/aromatic N) is 1. The molecular weight excluding hydrogens is 198 g/mol. The number of nitrogen functional groups attached to an aromatic ring is 1. The average molecular weight is 219 g/mol. The first-order chi connectivity index (χ1) is 7.41. The van der Waals surface area contributed by atoms with Crippen LogP contribution in [0.15, 0.2) is 18.2 Å². The van der Waals surface area contributed by atoms with Gasteiger partial charge in [0.05, 0.1) is 0 Å². The predicted molar refractivity (Wildman–Crippen MR) is 70.3 cm³/mol. The van der Waals surface area contributed by atoms with Crippen LogP contribution in [-0.2, 0) is 0 Å². The number of nitrogens with one attached hydrogen (secondary N) is 1. The van der Waals surface area contributed by atoms with Crippen LogP contribution in [0, 0.1) is 18.3 Å². The fourth-order valence-electron chi connectivity index (χ4n) is 1.83. The van der Waals surface area contributed by atoms with Gasteiger partial charge in [-0.05, 0) is 30.5 Å².